The SMILES string of the molecule is BrCCc1ccc(C=CC2CCCc3ccc4c(ccc5ccccc54)c32)cc1. The molecule has 0 bridgehead atoms. The van der Waals surface area contributed by atoms with E-state index in [0.717, 1.165) is 11.8 Å². The van der Waals surface area contributed by atoms with E-state index in [0.29, 0.717) is 5.92 Å². The van der Waals surface area contributed by atoms with Crippen molar-refractivity contribution < 1.29 is 0 Å². The van der Waals surface area contributed by atoms with Crippen molar-refractivity contribution in [2.45, 2.75) is 31.6 Å². The molecular weight excluding hydrogens is 416 g/mol. The third-order valence-electron chi connectivity index (χ3n) is 6.27. The fourth-order valence-electron chi connectivity index (χ4n) is 4.79. The largest absolute Gasteiger partial charge is 0.0924 e. The monoisotopic (exact) mass is 440 g/mol. The van der Waals surface area contributed by atoms with Gasteiger partial charge in [0.1, 0.15) is 0 Å². The Balaban J connectivity index is 1.55. The molecule has 0 saturated carbocycles. The summed E-state index contributed by atoms with van der Waals surface area (Å²) in [6.07, 6.45) is 9.54. The summed E-state index contributed by atoms with van der Waals surface area (Å²) in [6.45, 7) is 0. The molecule has 1 aliphatic carbocycles. The summed E-state index contributed by atoms with van der Waals surface area (Å²) in [5.74, 6) is 0.492. The molecule has 4 aromatic rings. The minimum Gasteiger partial charge on any atom is -0.0924 e. The van der Waals surface area contributed by atoms with E-state index in [2.05, 4.69) is 101 Å². The first-order valence-electron chi connectivity index (χ1n) is 10.6. The van der Waals surface area contributed by atoms with Crippen LogP contribution in [0.2, 0.25) is 0 Å². The number of fused-ring (bicyclic) bond motifs is 5. The van der Waals surface area contributed by atoms with Crippen molar-refractivity contribution in [3.8, 4) is 0 Å². The number of hydrogen-bond donors (Lipinski definition) is 0. The third kappa shape index (κ3) is 3.65. The molecule has 0 fully saturated rings. The quantitative estimate of drug-likeness (QED) is 0.222. The zero-order valence-corrected chi connectivity index (χ0v) is 18.2. The van der Waals surface area contributed by atoms with Gasteiger partial charge in [0.25, 0.3) is 0 Å². The van der Waals surface area contributed by atoms with Gasteiger partial charge in [-0.25, -0.2) is 0 Å². The van der Waals surface area contributed by atoms with Gasteiger partial charge >= 0.3 is 0 Å². The van der Waals surface area contributed by atoms with Gasteiger partial charge in [-0.05, 0) is 69.5 Å². The summed E-state index contributed by atoms with van der Waals surface area (Å²) >= 11 is 3.52. The highest BCUT2D eigenvalue weighted by atomic mass is 79.9. The Morgan fingerprint density at radius 3 is 2.52 bits per heavy atom. The molecule has 1 atom stereocenters. The predicted molar refractivity (Wildman–Crippen MR) is 130 cm³/mol. The minimum atomic E-state index is 0.492. The first-order valence-corrected chi connectivity index (χ1v) is 11.7. The fourth-order valence-corrected chi connectivity index (χ4v) is 5.25. The molecule has 4 aromatic carbocycles. The van der Waals surface area contributed by atoms with E-state index >= 15 is 0 Å². The molecule has 1 unspecified atom stereocenters. The molecule has 0 nitrogen and oxygen atoms in total. The zero-order valence-electron chi connectivity index (χ0n) is 16.6. The molecule has 0 heterocycles. The van der Waals surface area contributed by atoms with Crippen molar-refractivity contribution in [2.75, 3.05) is 5.33 Å². The van der Waals surface area contributed by atoms with E-state index < -0.39 is 0 Å². The number of alkyl halides is 1. The number of hydrogen-bond acceptors (Lipinski definition) is 0. The van der Waals surface area contributed by atoms with Crippen LogP contribution in [0.4, 0.5) is 0 Å². The van der Waals surface area contributed by atoms with E-state index in [-0.39, 0.29) is 0 Å². The smallest absolute Gasteiger partial charge is 0.00718 e. The van der Waals surface area contributed by atoms with Crippen LogP contribution in [0, 0.1) is 0 Å². The van der Waals surface area contributed by atoms with Crippen LogP contribution in [0.15, 0.2) is 78.9 Å². The number of aryl methyl sites for hydroxylation is 2. The maximum absolute atomic E-state index is 3.52. The van der Waals surface area contributed by atoms with Gasteiger partial charge in [0.05, 0.1) is 0 Å². The second kappa shape index (κ2) is 8.16. The lowest BCUT2D eigenvalue weighted by Crippen LogP contribution is -2.08. The van der Waals surface area contributed by atoms with Gasteiger partial charge < -0.3 is 0 Å². The van der Waals surface area contributed by atoms with Crippen molar-refractivity contribution in [3.63, 3.8) is 0 Å². The lowest BCUT2D eigenvalue weighted by molar-refractivity contribution is 0.635. The van der Waals surface area contributed by atoms with Gasteiger partial charge in [-0.1, -0.05) is 101 Å². The molecule has 0 spiro atoms. The molecule has 0 aromatic heterocycles. The molecular formula is C28H25Br. The molecule has 5 rings (SSSR count). The van der Waals surface area contributed by atoms with Crippen molar-refractivity contribution in [2.24, 2.45) is 0 Å². The minimum absolute atomic E-state index is 0.492. The standard InChI is InChI=1S/C28H25Br/c29-19-18-21-10-8-20(9-11-21)12-13-23-5-3-6-24-15-16-26-25-7-2-1-4-22(25)14-17-27(26)28(23)24/h1-2,4,7-17,23H,3,5-6,18-19H2. The van der Waals surface area contributed by atoms with Crippen LogP contribution in [0.25, 0.3) is 27.6 Å². The van der Waals surface area contributed by atoms with Gasteiger partial charge in [0.15, 0.2) is 0 Å². The number of halogens is 1. The zero-order chi connectivity index (χ0) is 19.6. The van der Waals surface area contributed by atoms with Crippen molar-refractivity contribution in [3.05, 3.63) is 101 Å². The summed E-state index contributed by atoms with van der Waals surface area (Å²) in [7, 11) is 0. The Bertz CT molecular complexity index is 1180. The molecule has 0 saturated heterocycles. The highest BCUT2D eigenvalue weighted by molar-refractivity contribution is 9.09. The average Bonchev–Trinajstić information content (AvgIpc) is 2.78. The van der Waals surface area contributed by atoms with E-state index in [1.54, 1.807) is 5.56 Å². The molecule has 0 amide bonds. The molecule has 0 N–H and O–H groups in total. The van der Waals surface area contributed by atoms with E-state index in [4.69, 9.17) is 0 Å². The number of benzene rings is 4. The number of allylic oxidation sites excluding steroid dienone is 1. The summed E-state index contributed by atoms with van der Waals surface area (Å²) in [5.41, 5.74) is 5.76. The molecule has 0 aliphatic heterocycles. The van der Waals surface area contributed by atoms with E-state index in [1.165, 1.54) is 57.5 Å². The van der Waals surface area contributed by atoms with Crippen LogP contribution in [-0.2, 0) is 12.8 Å². The van der Waals surface area contributed by atoms with Crippen LogP contribution < -0.4 is 0 Å². The van der Waals surface area contributed by atoms with Crippen LogP contribution >= 0.6 is 15.9 Å². The molecule has 29 heavy (non-hydrogen) atoms. The van der Waals surface area contributed by atoms with Gasteiger partial charge in [-0.15, -0.1) is 0 Å². The van der Waals surface area contributed by atoms with Gasteiger partial charge in [-0.2, -0.15) is 0 Å². The van der Waals surface area contributed by atoms with Gasteiger partial charge in [-0.3, -0.25) is 0 Å². The Labute approximate surface area is 181 Å². The summed E-state index contributed by atoms with van der Waals surface area (Å²) in [4.78, 5) is 0. The second-order valence-electron chi connectivity index (χ2n) is 8.06. The highest BCUT2D eigenvalue weighted by Gasteiger charge is 2.21. The van der Waals surface area contributed by atoms with Crippen LogP contribution in [0.3, 0.4) is 0 Å². The summed E-state index contributed by atoms with van der Waals surface area (Å²) in [5, 5.41) is 6.53. The normalized spacial score (nSPS) is 16.5. The van der Waals surface area contributed by atoms with Crippen LogP contribution in [-0.4, -0.2) is 5.33 Å². The maximum atomic E-state index is 3.52. The van der Waals surface area contributed by atoms with E-state index in [1.807, 2.05) is 0 Å². The Morgan fingerprint density at radius 1 is 0.828 bits per heavy atom. The molecule has 144 valence electrons. The van der Waals surface area contributed by atoms with Crippen LogP contribution in [0.5, 0.6) is 0 Å². The Hall–Kier alpha value is -2.38. The van der Waals surface area contributed by atoms with Crippen molar-refractivity contribution in [1.29, 1.82) is 0 Å². The first kappa shape index (κ1) is 18.6. The predicted octanol–water partition coefficient (Wildman–Crippen LogP) is 8.06. The molecule has 0 radical (unpaired) electrons. The first-order chi connectivity index (χ1) is 14.3. The maximum Gasteiger partial charge on any atom is 0.00718 e. The molecule has 1 aliphatic rings. The second-order valence-corrected chi connectivity index (χ2v) is 8.85. The topological polar surface area (TPSA) is 0 Å². The van der Waals surface area contributed by atoms with Gasteiger partial charge in [0, 0.05) is 11.2 Å². The lowest BCUT2D eigenvalue weighted by Gasteiger charge is -2.25. The van der Waals surface area contributed by atoms with Crippen molar-refractivity contribution in [1.82, 2.24) is 0 Å². The number of rotatable bonds is 4. The average molecular weight is 441 g/mol. The lowest BCUT2D eigenvalue weighted by atomic mass is 9.79. The van der Waals surface area contributed by atoms with Gasteiger partial charge in [0.2, 0.25) is 0 Å². The highest BCUT2D eigenvalue weighted by Crippen LogP contribution is 2.40. The Kier molecular flexibility index (Phi) is 5.24. The Morgan fingerprint density at radius 2 is 1.66 bits per heavy atom. The van der Waals surface area contributed by atoms with Crippen molar-refractivity contribution >= 4 is 43.6 Å². The summed E-state index contributed by atoms with van der Waals surface area (Å²) in [6, 6.07) is 27.1. The third-order valence-corrected chi connectivity index (χ3v) is 6.67. The molecule has 1 heteroatoms. The summed E-state index contributed by atoms with van der Waals surface area (Å²) < 4.78 is 0. The fraction of sp³-hybridized carbons (Fsp3) is 0.214. The van der Waals surface area contributed by atoms with E-state index in [9.17, 15) is 0 Å². The van der Waals surface area contributed by atoms with Crippen LogP contribution in [0.1, 0.15) is 41.0 Å².